The Morgan fingerprint density at radius 3 is 2.89 bits per heavy atom. The van der Waals surface area contributed by atoms with Crippen molar-refractivity contribution >= 4 is 11.0 Å². The van der Waals surface area contributed by atoms with E-state index >= 15 is 0 Å². The van der Waals surface area contributed by atoms with Crippen molar-refractivity contribution in [1.82, 2.24) is 29.8 Å². The highest BCUT2D eigenvalue weighted by Crippen LogP contribution is 2.19. The van der Waals surface area contributed by atoms with Crippen molar-refractivity contribution in [2.45, 2.75) is 6.42 Å². The molecule has 0 aliphatic carbocycles. The van der Waals surface area contributed by atoms with Gasteiger partial charge in [0.25, 0.3) is 5.95 Å². The molecule has 0 bridgehead atoms. The highest BCUT2D eigenvalue weighted by Gasteiger charge is 2.15. The monoisotopic (exact) mass is 239 g/mol. The minimum absolute atomic E-state index is 0.210. The number of benzene rings is 1. The predicted octanol–water partition coefficient (Wildman–Crippen LogP) is 0.615. The molecule has 0 saturated carbocycles. The van der Waals surface area contributed by atoms with Gasteiger partial charge in [0, 0.05) is 7.05 Å². The van der Waals surface area contributed by atoms with Gasteiger partial charge < -0.3 is 0 Å². The number of hydrogen-bond acceptors (Lipinski definition) is 5. The Labute approximate surface area is 102 Å². The molecular formula is C11H9N7. The smallest absolute Gasteiger partial charge is 0.255 e. The number of nitriles is 1. The number of para-hydroxylation sites is 2. The van der Waals surface area contributed by atoms with Gasteiger partial charge in [-0.3, -0.25) is 4.57 Å². The summed E-state index contributed by atoms with van der Waals surface area (Å²) in [6.07, 6.45) is 0.210. The number of nitrogens with zero attached hydrogens (tertiary/aromatic N) is 7. The molecule has 3 rings (SSSR count). The lowest BCUT2D eigenvalue weighted by Gasteiger charge is -2.04. The molecule has 0 saturated heterocycles. The van der Waals surface area contributed by atoms with Crippen LogP contribution in [0.5, 0.6) is 0 Å². The lowest BCUT2D eigenvalue weighted by Crippen LogP contribution is -2.07. The second-order valence-electron chi connectivity index (χ2n) is 3.79. The molecule has 3 aromatic rings. The second kappa shape index (κ2) is 3.92. The number of fused-ring (bicyclic) bond motifs is 1. The van der Waals surface area contributed by atoms with Gasteiger partial charge in [0.2, 0.25) is 0 Å². The van der Waals surface area contributed by atoms with Crippen molar-refractivity contribution in [3.63, 3.8) is 0 Å². The Bertz CT molecular complexity index is 746. The van der Waals surface area contributed by atoms with Crippen molar-refractivity contribution < 1.29 is 0 Å². The van der Waals surface area contributed by atoms with Gasteiger partial charge in [0.05, 0.1) is 23.5 Å². The number of aromatic nitrogens is 6. The number of aryl methyl sites for hydroxylation is 1. The summed E-state index contributed by atoms with van der Waals surface area (Å²) >= 11 is 0. The van der Waals surface area contributed by atoms with Crippen LogP contribution in [0, 0.1) is 11.3 Å². The van der Waals surface area contributed by atoms with Crippen LogP contribution in [0.2, 0.25) is 0 Å². The number of tetrazole rings is 1. The molecule has 0 aliphatic heterocycles. The molecule has 7 heteroatoms. The summed E-state index contributed by atoms with van der Waals surface area (Å²) in [5.41, 5.74) is 1.71. The normalized spacial score (nSPS) is 10.7. The van der Waals surface area contributed by atoms with E-state index in [0.29, 0.717) is 11.8 Å². The maximum atomic E-state index is 8.87. The van der Waals surface area contributed by atoms with Crippen LogP contribution < -0.4 is 0 Å². The highest BCUT2D eigenvalue weighted by atomic mass is 15.6. The fourth-order valence-electron chi connectivity index (χ4n) is 1.90. The second-order valence-corrected chi connectivity index (χ2v) is 3.79. The van der Waals surface area contributed by atoms with E-state index in [1.807, 2.05) is 24.3 Å². The SMILES string of the molecule is Cn1nnnc1-n1c(CC#N)nc2ccccc21. The topological polar surface area (TPSA) is 85.2 Å². The Hall–Kier alpha value is -2.75. The summed E-state index contributed by atoms with van der Waals surface area (Å²) in [6, 6.07) is 9.76. The van der Waals surface area contributed by atoms with Gasteiger partial charge in [-0.2, -0.15) is 5.26 Å². The van der Waals surface area contributed by atoms with Crippen molar-refractivity contribution in [3.8, 4) is 12.0 Å². The molecule has 0 amide bonds. The van der Waals surface area contributed by atoms with Gasteiger partial charge in [0.1, 0.15) is 5.82 Å². The first kappa shape index (κ1) is 10.4. The van der Waals surface area contributed by atoms with E-state index in [-0.39, 0.29) is 6.42 Å². The number of rotatable bonds is 2. The average Bonchev–Trinajstić information content (AvgIpc) is 2.93. The lowest BCUT2D eigenvalue weighted by molar-refractivity contribution is 0.689. The van der Waals surface area contributed by atoms with Crippen LogP contribution in [0.1, 0.15) is 5.82 Å². The van der Waals surface area contributed by atoms with Crippen molar-refractivity contribution in [2.75, 3.05) is 0 Å². The van der Waals surface area contributed by atoms with Gasteiger partial charge in [-0.15, -0.1) is 0 Å². The van der Waals surface area contributed by atoms with E-state index in [0.717, 1.165) is 11.0 Å². The Morgan fingerprint density at radius 2 is 2.17 bits per heavy atom. The average molecular weight is 239 g/mol. The van der Waals surface area contributed by atoms with E-state index in [2.05, 4.69) is 26.6 Å². The first-order valence-corrected chi connectivity index (χ1v) is 5.37. The third kappa shape index (κ3) is 1.43. The molecule has 0 spiro atoms. The molecule has 0 N–H and O–H groups in total. The standard InChI is InChI=1S/C11H9N7/c1-17-11(14-15-16-17)18-9-5-3-2-4-8(9)13-10(18)6-7-12/h2-5H,6H2,1H3. The molecule has 88 valence electrons. The summed E-state index contributed by atoms with van der Waals surface area (Å²) < 4.78 is 3.35. The minimum atomic E-state index is 0.210. The first-order chi connectivity index (χ1) is 8.81. The quantitative estimate of drug-likeness (QED) is 0.654. The van der Waals surface area contributed by atoms with Gasteiger partial charge in [-0.1, -0.05) is 17.2 Å². The molecule has 0 aliphatic rings. The van der Waals surface area contributed by atoms with Crippen LogP contribution in [0.3, 0.4) is 0 Å². The lowest BCUT2D eigenvalue weighted by atomic mass is 10.3. The third-order valence-electron chi connectivity index (χ3n) is 2.67. The maximum absolute atomic E-state index is 8.87. The van der Waals surface area contributed by atoms with E-state index in [1.165, 1.54) is 0 Å². The molecule has 0 fully saturated rings. The number of imidazole rings is 1. The zero-order valence-electron chi connectivity index (χ0n) is 9.65. The molecule has 18 heavy (non-hydrogen) atoms. The van der Waals surface area contributed by atoms with E-state index in [4.69, 9.17) is 5.26 Å². The molecule has 2 aromatic heterocycles. The third-order valence-corrected chi connectivity index (χ3v) is 2.67. The molecule has 0 unspecified atom stereocenters. The van der Waals surface area contributed by atoms with Crippen LogP contribution >= 0.6 is 0 Å². The van der Waals surface area contributed by atoms with Crippen molar-refractivity contribution in [2.24, 2.45) is 7.05 Å². The number of hydrogen-bond donors (Lipinski definition) is 0. The molecule has 1 aromatic carbocycles. The highest BCUT2D eigenvalue weighted by molar-refractivity contribution is 5.77. The summed E-state index contributed by atoms with van der Waals surface area (Å²) in [5, 5.41) is 20.3. The predicted molar refractivity (Wildman–Crippen MR) is 62.7 cm³/mol. The molecular weight excluding hydrogens is 230 g/mol. The van der Waals surface area contributed by atoms with Crippen LogP contribution in [0.15, 0.2) is 24.3 Å². The Kier molecular flexibility index (Phi) is 2.27. The van der Waals surface area contributed by atoms with Crippen molar-refractivity contribution in [1.29, 1.82) is 5.26 Å². The molecule has 2 heterocycles. The van der Waals surface area contributed by atoms with Crippen LogP contribution in [0.4, 0.5) is 0 Å². The van der Waals surface area contributed by atoms with Gasteiger partial charge >= 0.3 is 0 Å². The van der Waals surface area contributed by atoms with E-state index in [9.17, 15) is 0 Å². The molecule has 0 radical (unpaired) electrons. The van der Waals surface area contributed by atoms with Gasteiger partial charge in [-0.25, -0.2) is 9.67 Å². The Morgan fingerprint density at radius 1 is 1.33 bits per heavy atom. The molecule has 0 atom stereocenters. The zero-order chi connectivity index (χ0) is 12.5. The molecule has 7 nitrogen and oxygen atoms in total. The fraction of sp³-hybridized carbons (Fsp3) is 0.182. The summed E-state index contributed by atoms with van der Waals surface area (Å²) in [6.45, 7) is 0. The van der Waals surface area contributed by atoms with Gasteiger partial charge in [-0.05, 0) is 22.6 Å². The summed E-state index contributed by atoms with van der Waals surface area (Å²) in [5.74, 6) is 1.19. The van der Waals surface area contributed by atoms with E-state index in [1.54, 1.807) is 16.3 Å². The largest absolute Gasteiger partial charge is 0.262 e. The zero-order valence-corrected chi connectivity index (χ0v) is 9.65. The van der Waals surface area contributed by atoms with Crippen LogP contribution in [-0.2, 0) is 13.5 Å². The summed E-state index contributed by atoms with van der Waals surface area (Å²) in [4.78, 5) is 4.43. The maximum Gasteiger partial charge on any atom is 0.255 e. The first-order valence-electron chi connectivity index (χ1n) is 5.37. The fourth-order valence-corrected chi connectivity index (χ4v) is 1.90. The van der Waals surface area contributed by atoms with Crippen LogP contribution in [0.25, 0.3) is 17.0 Å². The van der Waals surface area contributed by atoms with Gasteiger partial charge in [0.15, 0.2) is 0 Å². The van der Waals surface area contributed by atoms with Crippen LogP contribution in [-0.4, -0.2) is 29.8 Å². The minimum Gasteiger partial charge on any atom is -0.262 e. The Balaban J connectivity index is 2.35. The summed E-state index contributed by atoms with van der Waals surface area (Å²) in [7, 11) is 1.75. The van der Waals surface area contributed by atoms with Crippen molar-refractivity contribution in [3.05, 3.63) is 30.1 Å². The van der Waals surface area contributed by atoms with E-state index < -0.39 is 0 Å².